The van der Waals surface area contributed by atoms with Gasteiger partial charge in [-0.05, 0) is 43.0 Å². The molecule has 0 aromatic heterocycles. The van der Waals surface area contributed by atoms with Gasteiger partial charge in [0.25, 0.3) is 5.91 Å². The highest BCUT2D eigenvalue weighted by Gasteiger charge is 2.13. The Kier molecular flexibility index (Phi) is 7.87. The van der Waals surface area contributed by atoms with Crippen molar-refractivity contribution in [2.24, 2.45) is 11.8 Å². The van der Waals surface area contributed by atoms with E-state index in [2.05, 4.69) is 33.0 Å². The summed E-state index contributed by atoms with van der Waals surface area (Å²) in [5, 5.41) is 12.1. The van der Waals surface area contributed by atoms with Gasteiger partial charge in [0.1, 0.15) is 11.6 Å². The summed E-state index contributed by atoms with van der Waals surface area (Å²) in [6, 6.07) is 8.60. The Morgan fingerprint density at radius 1 is 1.12 bits per heavy atom. The fraction of sp³-hybridized carbons (Fsp3) is 0.450. The number of hydrogen-bond acceptors (Lipinski definition) is 4. The van der Waals surface area contributed by atoms with Crippen LogP contribution in [-0.4, -0.2) is 29.7 Å². The standard InChI is InChI=1S/C20H27N3O2/c1-14(2)11-23(12-15(3)4)13-18(10-21)20(25)22-19-8-6-17(7-9-19)16(5)24/h6-9,13-15H,11-12H2,1-5H3,(H,22,25)/b18-13-. The Labute approximate surface area is 150 Å². The minimum absolute atomic E-state index is 0.0338. The number of hydrogen-bond donors (Lipinski definition) is 1. The first-order valence-electron chi connectivity index (χ1n) is 8.51. The van der Waals surface area contributed by atoms with Gasteiger partial charge < -0.3 is 10.2 Å². The van der Waals surface area contributed by atoms with Crippen LogP contribution in [0.2, 0.25) is 0 Å². The summed E-state index contributed by atoms with van der Waals surface area (Å²) < 4.78 is 0. The van der Waals surface area contributed by atoms with Crippen LogP contribution in [0.3, 0.4) is 0 Å². The molecule has 1 rings (SSSR count). The van der Waals surface area contributed by atoms with Gasteiger partial charge in [0, 0.05) is 30.5 Å². The molecule has 0 aliphatic heterocycles. The topological polar surface area (TPSA) is 73.2 Å². The zero-order chi connectivity index (χ0) is 19.0. The molecular weight excluding hydrogens is 314 g/mol. The number of rotatable bonds is 8. The van der Waals surface area contributed by atoms with Crippen LogP contribution < -0.4 is 5.32 Å². The van der Waals surface area contributed by atoms with Crippen molar-refractivity contribution in [1.82, 2.24) is 4.90 Å². The summed E-state index contributed by atoms with van der Waals surface area (Å²) in [5.74, 6) is 0.373. The molecule has 0 heterocycles. The minimum Gasteiger partial charge on any atom is -0.376 e. The number of ketones is 1. The number of nitrogens with one attached hydrogen (secondary N) is 1. The van der Waals surface area contributed by atoms with E-state index in [-0.39, 0.29) is 11.4 Å². The van der Waals surface area contributed by atoms with E-state index >= 15 is 0 Å². The molecule has 0 unspecified atom stereocenters. The van der Waals surface area contributed by atoms with Crippen molar-refractivity contribution < 1.29 is 9.59 Å². The van der Waals surface area contributed by atoms with Gasteiger partial charge in [-0.1, -0.05) is 27.7 Å². The number of carbonyl (C=O) groups excluding carboxylic acids is 2. The number of Topliss-reactive ketones (excluding diaryl/α,β-unsaturated/α-hetero) is 1. The molecule has 0 atom stereocenters. The third kappa shape index (κ3) is 7.21. The van der Waals surface area contributed by atoms with E-state index in [4.69, 9.17) is 0 Å². The number of amides is 1. The van der Waals surface area contributed by atoms with Gasteiger partial charge in [0.15, 0.2) is 5.78 Å². The zero-order valence-electron chi connectivity index (χ0n) is 15.7. The smallest absolute Gasteiger partial charge is 0.267 e. The van der Waals surface area contributed by atoms with Gasteiger partial charge in [0.05, 0.1) is 0 Å². The van der Waals surface area contributed by atoms with Gasteiger partial charge in [-0.25, -0.2) is 0 Å². The van der Waals surface area contributed by atoms with Gasteiger partial charge in [0.2, 0.25) is 0 Å². The maximum atomic E-state index is 12.4. The summed E-state index contributed by atoms with van der Waals surface area (Å²) in [6.45, 7) is 11.5. The van der Waals surface area contributed by atoms with Gasteiger partial charge in [-0.15, -0.1) is 0 Å². The van der Waals surface area contributed by atoms with E-state index in [1.54, 1.807) is 30.5 Å². The first-order valence-corrected chi connectivity index (χ1v) is 8.51. The molecule has 0 saturated heterocycles. The van der Waals surface area contributed by atoms with Crippen molar-refractivity contribution in [3.05, 3.63) is 41.6 Å². The molecule has 0 spiro atoms. The van der Waals surface area contributed by atoms with Crippen LogP contribution in [0, 0.1) is 23.2 Å². The maximum Gasteiger partial charge on any atom is 0.267 e. The molecule has 5 heteroatoms. The van der Waals surface area contributed by atoms with E-state index in [0.717, 1.165) is 13.1 Å². The number of anilines is 1. The van der Waals surface area contributed by atoms with Crippen molar-refractivity contribution in [2.45, 2.75) is 34.6 Å². The van der Waals surface area contributed by atoms with Gasteiger partial charge >= 0.3 is 0 Å². The largest absolute Gasteiger partial charge is 0.376 e. The van der Waals surface area contributed by atoms with Crippen molar-refractivity contribution in [3.8, 4) is 6.07 Å². The quantitative estimate of drug-likeness (QED) is 0.443. The fourth-order valence-electron chi connectivity index (χ4n) is 2.43. The molecule has 0 bridgehead atoms. The molecule has 1 N–H and O–H groups in total. The Morgan fingerprint density at radius 3 is 2.04 bits per heavy atom. The lowest BCUT2D eigenvalue weighted by molar-refractivity contribution is -0.112. The average Bonchev–Trinajstić information content (AvgIpc) is 2.51. The van der Waals surface area contributed by atoms with Crippen LogP contribution in [0.1, 0.15) is 45.0 Å². The molecule has 134 valence electrons. The SMILES string of the molecule is CC(=O)c1ccc(NC(=O)/C(C#N)=C\N(CC(C)C)CC(C)C)cc1. The van der Waals surface area contributed by atoms with Gasteiger partial charge in [-0.2, -0.15) is 5.26 Å². The third-order valence-corrected chi connectivity index (χ3v) is 3.43. The summed E-state index contributed by atoms with van der Waals surface area (Å²) >= 11 is 0. The van der Waals surface area contributed by atoms with Crippen molar-refractivity contribution in [1.29, 1.82) is 5.26 Å². The second-order valence-electron chi connectivity index (χ2n) is 6.98. The first kappa shape index (κ1) is 20.4. The minimum atomic E-state index is -0.449. The molecule has 0 fully saturated rings. The van der Waals surface area contributed by atoms with Crippen LogP contribution in [0.5, 0.6) is 0 Å². The summed E-state index contributed by atoms with van der Waals surface area (Å²) in [6.07, 6.45) is 1.64. The number of nitriles is 1. The van der Waals surface area contributed by atoms with Crippen LogP contribution >= 0.6 is 0 Å². The third-order valence-electron chi connectivity index (χ3n) is 3.43. The maximum absolute atomic E-state index is 12.4. The lowest BCUT2D eigenvalue weighted by atomic mass is 10.1. The van der Waals surface area contributed by atoms with Crippen LogP contribution in [0.15, 0.2) is 36.0 Å². The van der Waals surface area contributed by atoms with Crippen LogP contribution in [0.4, 0.5) is 5.69 Å². The lowest BCUT2D eigenvalue weighted by Gasteiger charge is -2.25. The van der Waals surface area contributed by atoms with Gasteiger partial charge in [-0.3, -0.25) is 9.59 Å². The molecule has 0 saturated carbocycles. The first-order chi connectivity index (χ1) is 11.7. The average molecular weight is 341 g/mol. The fourth-order valence-corrected chi connectivity index (χ4v) is 2.43. The number of benzene rings is 1. The van der Waals surface area contributed by atoms with E-state index < -0.39 is 5.91 Å². The summed E-state index contributed by atoms with van der Waals surface area (Å²) in [5.41, 5.74) is 1.20. The van der Waals surface area contributed by atoms with Crippen molar-refractivity contribution in [2.75, 3.05) is 18.4 Å². The summed E-state index contributed by atoms with van der Waals surface area (Å²) in [7, 11) is 0. The molecule has 1 aromatic rings. The van der Waals surface area contributed by atoms with Crippen molar-refractivity contribution in [3.63, 3.8) is 0 Å². The highest BCUT2D eigenvalue weighted by Crippen LogP contribution is 2.12. The van der Waals surface area contributed by atoms with E-state index in [9.17, 15) is 14.9 Å². The highest BCUT2D eigenvalue weighted by atomic mass is 16.1. The predicted octanol–water partition coefficient (Wildman–Crippen LogP) is 3.85. The summed E-state index contributed by atoms with van der Waals surface area (Å²) in [4.78, 5) is 25.7. The normalized spacial score (nSPS) is 11.4. The second kappa shape index (κ2) is 9.63. The molecule has 0 aliphatic rings. The highest BCUT2D eigenvalue weighted by molar-refractivity contribution is 6.06. The Balaban J connectivity index is 2.90. The predicted molar refractivity (Wildman–Crippen MR) is 100 cm³/mol. The van der Waals surface area contributed by atoms with E-state index in [0.29, 0.717) is 23.1 Å². The van der Waals surface area contributed by atoms with E-state index in [1.165, 1.54) is 6.92 Å². The Hall–Kier alpha value is -2.61. The molecule has 1 amide bonds. The monoisotopic (exact) mass is 341 g/mol. The van der Waals surface area contributed by atoms with Crippen molar-refractivity contribution >= 4 is 17.4 Å². The molecule has 25 heavy (non-hydrogen) atoms. The number of nitrogens with zero attached hydrogens (tertiary/aromatic N) is 2. The lowest BCUT2D eigenvalue weighted by Crippen LogP contribution is -2.28. The molecule has 0 aliphatic carbocycles. The molecule has 0 radical (unpaired) electrons. The Bertz CT molecular complexity index is 657. The molecule has 5 nitrogen and oxygen atoms in total. The molecule has 1 aromatic carbocycles. The van der Waals surface area contributed by atoms with E-state index in [1.807, 2.05) is 11.0 Å². The Morgan fingerprint density at radius 2 is 1.64 bits per heavy atom. The zero-order valence-corrected chi connectivity index (χ0v) is 15.7. The second-order valence-corrected chi connectivity index (χ2v) is 6.98. The number of carbonyl (C=O) groups is 2. The van der Waals surface area contributed by atoms with Crippen LogP contribution in [-0.2, 0) is 4.79 Å². The molecular formula is C20H27N3O2. The van der Waals surface area contributed by atoms with Crippen LogP contribution in [0.25, 0.3) is 0 Å².